The summed E-state index contributed by atoms with van der Waals surface area (Å²) < 4.78 is 13.1. The van der Waals surface area contributed by atoms with Gasteiger partial charge in [0, 0.05) is 6.61 Å². The van der Waals surface area contributed by atoms with Crippen molar-refractivity contribution in [3.05, 3.63) is 18.2 Å². The van der Waals surface area contributed by atoms with Crippen LogP contribution in [0, 0.1) is 0 Å². The van der Waals surface area contributed by atoms with Crippen LogP contribution in [0.4, 0.5) is 5.69 Å². The van der Waals surface area contributed by atoms with Crippen molar-refractivity contribution in [1.82, 2.24) is 20.2 Å². The van der Waals surface area contributed by atoms with Gasteiger partial charge in [0.1, 0.15) is 0 Å². The van der Waals surface area contributed by atoms with Crippen molar-refractivity contribution in [3.63, 3.8) is 0 Å². The number of benzene rings is 1. The second-order valence-electron chi connectivity index (χ2n) is 4.98. The van der Waals surface area contributed by atoms with Crippen LogP contribution in [0.1, 0.15) is 19.8 Å². The molecule has 1 saturated heterocycles. The standard InChI is InChI=1S/C14H19N5O2/c1-2-20-13-11(6-3-7-12(13)15)14-16-17-18-19(14)9-10-5-4-8-21-10/h3,6-7,10H,2,4-5,8-9,15H2,1H3. The monoisotopic (exact) mass is 289 g/mol. The minimum atomic E-state index is 0.170. The molecule has 21 heavy (non-hydrogen) atoms. The Morgan fingerprint density at radius 2 is 2.38 bits per heavy atom. The van der Waals surface area contributed by atoms with E-state index in [1.165, 1.54) is 0 Å². The zero-order valence-corrected chi connectivity index (χ0v) is 12.0. The lowest BCUT2D eigenvalue weighted by atomic mass is 10.1. The second kappa shape index (κ2) is 6.09. The maximum atomic E-state index is 6.00. The highest BCUT2D eigenvalue weighted by atomic mass is 16.5. The van der Waals surface area contributed by atoms with Gasteiger partial charge >= 0.3 is 0 Å². The van der Waals surface area contributed by atoms with Gasteiger partial charge in [0.25, 0.3) is 0 Å². The normalized spacial score (nSPS) is 18.0. The van der Waals surface area contributed by atoms with Gasteiger partial charge < -0.3 is 15.2 Å². The minimum absolute atomic E-state index is 0.170. The maximum absolute atomic E-state index is 6.00. The van der Waals surface area contributed by atoms with Crippen LogP contribution in [0.2, 0.25) is 0 Å². The van der Waals surface area contributed by atoms with Crippen molar-refractivity contribution in [2.75, 3.05) is 18.9 Å². The van der Waals surface area contributed by atoms with E-state index in [9.17, 15) is 0 Å². The van der Waals surface area contributed by atoms with Gasteiger partial charge in [-0.2, -0.15) is 0 Å². The summed E-state index contributed by atoms with van der Waals surface area (Å²) in [6.07, 6.45) is 2.29. The van der Waals surface area contributed by atoms with Crippen molar-refractivity contribution in [1.29, 1.82) is 0 Å². The van der Waals surface area contributed by atoms with E-state index in [0.717, 1.165) is 25.0 Å². The first kappa shape index (κ1) is 13.8. The molecule has 1 unspecified atom stereocenters. The highest BCUT2D eigenvalue weighted by molar-refractivity contribution is 5.73. The zero-order valence-electron chi connectivity index (χ0n) is 12.0. The van der Waals surface area contributed by atoms with Crippen molar-refractivity contribution in [2.24, 2.45) is 0 Å². The van der Waals surface area contributed by atoms with Crippen LogP contribution in [0.3, 0.4) is 0 Å². The molecule has 2 aromatic rings. The van der Waals surface area contributed by atoms with Crippen LogP contribution in [0.5, 0.6) is 5.75 Å². The molecule has 7 heteroatoms. The molecule has 1 fully saturated rings. The van der Waals surface area contributed by atoms with Crippen LogP contribution in [-0.2, 0) is 11.3 Å². The fourth-order valence-electron chi connectivity index (χ4n) is 2.54. The predicted octanol–water partition coefficient (Wildman–Crippen LogP) is 1.50. The number of nitrogens with two attached hydrogens (primary N) is 1. The van der Waals surface area contributed by atoms with Gasteiger partial charge in [0.2, 0.25) is 0 Å². The molecule has 1 aromatic heterocycles. The topological polar surface area (TPSA) is 88.1 Å². The van der Waals surface area contributed by atoms with Gasteiger partial charge in [-0.05, 0) is 42.3 Å². The highest BCUT2D eigenvalue weighted by Gasteiger charge is 2.21. The van der Waals surface area contributed by atoms with Crippen LogP contribution in [0.25, 0.3) is 11.4 Å². The van der Waals surface area contributed by atoms with E-state index >= 15 is 0 Å². The van der Waals surface area contributed by atoms with Crippen LogP contribution in [0.15, 0.2) is 18.2 Å². The summed E-state index contributed by atoms with van der Waals surface area (Å²) in [6, 6.07) is 5.60. The van der Waals surface area contributed by atoms with Crippen LogP contribution in [-0.4, -0.2) is 39.5 Å². The molecular weight excluding hydrogens is 270 g/mol. The van der Waals surface area contributed by atoms with E-state index in [2.05, 4.69) is 15.5 Å². The number of nitrogens with zero attached hydrogens (tertiary/aromatic N) is 4. The molecular formula is C14H19N5O2. The zero-order chi connectivity index (χ0) is 14.7. The molecule has 3 rings (SSSR count). The fraction of sp³-hybridized carbons (Fsp3) is 0.500. The molecule has 0 aliphatic carbocycles. The third-order valence-corrected chi connectivity index (χ3v) is 3.51. The third kappa shape index (κ3) is 2.82. The Bertz CT molecular complexity index is 607. The third-order valence-electron chi connectivity index (χ3n) is 3.51. The lowest BCUT2D eigenvalue weighted by Gasteiger charge is -2.14. The lowest BCUT2D eigenvalue weighted by molar-refractivity contribution is 0.0939. The van der Waals surface area contributed by atoms with E-state index in [1.807, 2.05) is 25.1 Å². The van der Waals surface area contributed by atoms with Gasteiger partial charge in [0.15, 0.2) is 11.6 Å². The SMILES string of the molecule is CCOc1c(N)cccc1-c1nnnn1CC1CCCO1. The summed E-state index contributed by atoms with van der Waals surface area (Å²) >= 11 is 0. The summed E-state index contributed by atoms with van der Waals surface area (Å²) in [5.74, 6) is 1.28. The number of ether oxygens (including phenoxy) is 2. The fourth-order valence-corrected chi connectivity index (χ4v) is 2.54. The molecule has 0 bridgehead atoms. The van der Waals surface area contributed by atoms with E-state index in [-0.39, 0.29) is 6.10 Å². The lowest BCUT2D eigenvalue weighted by Crippen LogP contribution is -2.17. The molecule has 1 aliphatic rings. The Labute approximate surface area is 123 Å². The number of nitrogen functional groups attached to an aromatic ring is 1. The summed E-state index contributed by atoms with van der Waals surface area (Å²) in [6.45, 7) is 3.91. The molecule has 0 radical (unpaired) electrons. The van der Waals surface area contributed by atoms with E-state index in [1.54, 1.807) is 4.68 Å². The molecule has 0 spiro atoms. The van der Waals surface area contributed by atoms with Crippen LogP contribution >= 0.6 is 0 Å². The van der Waals surface area contributed by atoms with Crippen molar-refractivity contribution >= 4 is 5.69 Å². The van der Waals surface area contributed by atoms with Gasteiger partial charge in [-0.25, -0.2) is 4.68 Å². The number of anilines is 1. The minimum Gasteiger partial charge on any atom is -0.491 e. The summed E-state index contributed by atoms with van der Waals surface area (Å²) in [5.41, 5.74) is 7.39. The molecule has 112 valence electrons. The molecule has 0 amide bonds. The number of para-hydroxylation sites is 1. The Morgan fingerprint density at radius 3 is 3.14 bits per heavy atom. The number of aromatic nitrogens is 4. The average Bonchev–Trinajstić information content (AvgIpc) is 3.14. The van der Waals surface area contributed by atoms with Crippen LogP contribution < -0.4 is 10.5 Å². The van der Waals surface area contributed by atoms with E-state index < -0.39 is 0 Å². The molecule has 2 heterocycles. The second-order valence-corrected chi connectivity index (χ2v) is 4.98. The molecule has 0 saturated carbocycles. The van der Waals surface area contributed by atoms with Gasteiger partial charge in [-0.1, -0.05) is 6.07 Å². The summed E-state index contributed by atoms with van der Waals surface area (Å²) in [7, 11) is 0. The van der Waals surface area contributed by atoms with Gasteiger partial charge in [-0.15, -0.1) is 5.10 Å². The first-order valence-electron chi connectivity index (χ1n) is 7.19. The molecule has 2 N–H and O–H groups in total. The first-order chi connectivity index (χ1) is 10.3. The molecule has 1 atom stereocenters. The van der Waals surface area contributed by atoms with Crippen molar-refractivity contribution < 1.29 is 9.47 Å². The Kier molecular flexibility index (Phi) is 4.01. The number of hydrogen-bond acceptors (Lipinski definition) is 6. The quantitative estimate of drug-likeness (QED) is 0.839. The average molecular weight is 289 g/mol. The molecule has 7 nitrogen and oxygen atoms in total. The van der Waals surface area contributed by atoms with Gasteiger partial charge in [0.05, 0.1) is 30.5 Å². The highest BCUT2D eigenvalue weighted by Crippen LogP contribution is 2.33. The van der Waals surface area contributed by atoms with Crippen molar-refractivity contribution in [3.8, 4) is 17.1 Å². The predicted molar refractivity (Wildman–Crippen MR) is 77.8 cm³/mol. The molecule has 1 aliphatic heterocycles. The maximum Gasteiger partial charge on any atom is 0.185 e. The number of tetrazole rings is 1. The Morgan fingerprint density at radius 1 is 1.48 bits per heavy atom. The summed E-state index contributed by atoms with van der Waals surface area (Å²) in [4.78, 5) is 0. The van der Waals surface area contributed by atoms with E-state index in [4.69, 9.17) is 15.2 Å². The number of hydrogen-bond donors (Lipinski definition) is 1. The first-order valence-corrected chi connectivity index (χ1v) is 7.19. The van der Waals surface area contributed by atoms with Crippen molar-refractivity contribution in [2.45, 2.75) is 32.4 Å². The summed E-state index contributed by atoms with van der Waals surface area (Å²) in [5, 5.41) is 12.0. The largest absolute Gasteiger partial charge is 0.491 e. The molecule has 1 aromatic carbocycles. The smallest absolute Gasteiger partial charge is 0.185 e. The van der Waals surface area contributed by atoms with Gasteiger partial charge in [-0.3, -0.25) is 0 Å². The number of rotatable bonds is 5. The Hall–Kier alpha value is -2.15. The Balaban J connectivity index is 1.93. The van der Waals surface area contributed by atoms with E-state index in [0.29, 0.717) is 30.4 Å².